The number of nitro benzene ring substituents is 1. The molecule has 1 aliphatic rings. The minimum atomic E-state index is -0.434. The predicted octanol–water partition coefficient (Wildman–Crippen LogP) is 2.58. The topological polar surface area (TPSA) is 88.4 Å². The van der Waals surface area contributed by atoms with E-state index in [4.69, 9.17) is 0 Å². The number of benzene rings is 1. The van der Waals surface area contributed by atoms with Gasteiger partial charge in [0, 0.05) is 30.6 Å². The lowest BCUT2D eigenvalue weighted by molar-refractivity contribution is -0.384. The van der Waals surface area contributed by atoms with Crippen molar-refractivity contribution in [2.24, 2.45) is 0 Å². The molecule has 21 heavy (non-hydrogen) atoms. The molecule has 0 saturated heterocycles. The molecule has 1 aliphatic heterocycles. The zero-order valence-corrected chi connectivity index (χ0v) is 11.0. The molecule has 1 aromatic heterocycles. The molecule has 0 unspecified atom stereocenters. The molecule has 106 valence electrons. The van der Waals surface area contributed by atoms with Crippen LogP contribution in [0.1, 0.15) is 5.56 Å². The van der Waals surface area contributed by atoms with Gasteiger partial charge < -0.3 is 0 Å². The van der Waals surface area contributed by atoms with Crippen molar-refractivity contribution in [3.63, 3.8) is 0 Å². The Bertz CT molecular complexity index is 703. The number of rotatable bonds is 2. The van der Waals surface area contributed by atoms with Crippen molar-refractivity contribution in [2.75, 3.05) is 16.8 Å². The van der Waals surface area contributed by atoms with Crippen LogP contribution in [-0.4, -0.2) is 22.5 Å². The van der Waals surface area contributed by atoms with Gasteiger partial charge >= 0.3 is 6.03 Å². The number of non-ortho nitro benzene ring substituents is 1. The number of anilines is 2. The molecule has 0 atom stereocenters. The first-order valence-electron chi connectivity index (χ1n) is 6.42. The second kappa shape index (κ2) is 5.20. The Labute approximate surface area is 120 Å². The van der Waals surface area contributed by atoms with Crippen LogP contribution in [0.2, 0.25) is 0 Å². The average Bonchev–Trinajstić information content (AvgIpc) is 2.91. The van der Waals surface area contributed by atoms with E-state index < -0.39 is 4.92 Å². The number of fused-ring (bicyclic) bond motifs is 1. The standard InChI is InChI=1S/C14H12N4O3/c19-14(16-13-3-1-2-7-15-13)17-8-6-10-9-11(18(20)21)4-5-12(10)17/h1-5,7,9H,6,8H2,(H,15,16,19). The van der Waals surface area contributed by atoms with Crippen molar-refractivity contribution in [3.05, 3.63) is 58.3 Å². The largest absolute Gasteiger partial charge is 0.327 e. The zero-order valence-electron chi connectivity index (χ0n) is 11.0. The fourth-order valence-electron chi connectivity index (χ4n) is 2.33. The van der Waals surface area contributed by atoms with Gasteiger partial charge in [-0.15, -0.1) is 0 Å². The van der Waals surface area contributed by atoms with Gasteiger partial charge in [0.2, 0.25) is 0 Å². The summed E-state index contributed by atoms with van der Waals surface area (Å²) in [5, 5.41) is 13.5. The predicted molar refractivity (Wildman–Crippen MR) is 77.4 cm³/mol. The number of pyridine rings is 1. The van der Waals surface area contributed by atoms with Crippen molar-refractivity contribution in [2.45, 2.75) is 6.42 Å². The first-order chi connectivity index (χ1) is 10.1. The van der Waals surface area contributed by atoms with Crippen LogP contribution in [0.25, 0.3) is 0 Å². The number of nitro groups is 1. The van der Waals surface area contributed by atoms with E-state index in [0.717, 1.165) is 5.56 Å². The molecule has 3 rings (SSSR count). The van der Waals surface area contributed by atoms with Crippen molar-refractivity contribution < 1.29 is 9.72 Å². The van der Waals surface area contributed by atoms with Gasteiger partial charge in [0.05, 0.1) is 4.92 Å². The fourth-order valence-corrected chi connectivity index (χ4v) is 2.33. The van der Waals surface area contributed by atoms with Gasteiger partial charge in [0.1, 0.15) is 5.82 Å². The molecule has 0 spiro atoms. The van der Waals surface area contributed by atoms with Gasteiger partial charge in [-0.2, -0.15) is 0 Å². The molecule has 0 radical (unpaired) electrons. The summed E-state index contributed by atoms with van der Waals surface area (Å²) in [4.78, 5) is 28.2. The summed E-state index contributed by atoms with van der Waals surface area (Å²) in [5.41, 5.74) is 1.55. The van der Waals surface area contributed by atoms with Crippen LogP contribution < -0.4 is 10.2 Å². The second-order valence-electron chi connectivity index (χ2n) is 4.62. The molecule has 7 heteroatoms. The van der Waals surface area contributed by atoms with E-state index in [-0.39, 0.29) is 11.7 Å². The Morgan fingerprint density at radius 1 is 1.33 bits per heavy atom. The molecule has 2 aromatic rings. The molecule has 0 saturated carbocycles. The Morgan fingerprint density at radius 3 is 2.90 bits per heavy atom. The highest BCUT2D eigenvalue weighted by atomic mass is 16.6. The number of nitrogens with zero attached hydrogens (tertiary/aromatic N) is 3. The van der Waals surface area contributed by atoms with E-state index in [0.29, 0.717) is 24.5 Å². The maximum atomic E-state index is 12.2. The number of carbonyl (C=O) groups excluding carboxylic acids is 1. The van der Waals surface area contributed by atoms with E-state index >= 15 is 0 Å². The zero-order chi connectivity index (χ0) is 14.8. The van der Waals surface area contributed by atoms with Gasteiger partial charge in [0.15, 0.2) is 0 Å². The summed E-state index contributed by atoms with van der Waals surface area (Å²) in [6.45, 7) is 0.495. The third-order valence-electron chi connectivity index (χ3n) is 3.31. The van der Waals surface area contributed by atoms with Crippen molar-refractivity contribution in [1.82, 2.24) is 4.98 Å². The van der Waals surface area contributed by atoms with Crippen molar-refractivity contribution >= 4 is 23.2 Å². The Kier molecular flexibility index (Phi) is 3.23. The molecule has 0 fully saturated rings. The number of amides is 2. The summed E-state index contributed by atoms with van der Waals surface area (Å²) < 4.78 is 0. The van der Waals surface area contributed by atoms with Crippen LogP contribution in [0.15, 0.2) is 42.6 Å². The van der Waals surface area contributed by atoms with E-state index in [1.807, 2.05) is 0 Å². The van der Waals surface area contributed by atoms with Crippen LogP contribution in [0.3, 0.4) is 0 Å². The number of aromatic nitrogens is 1. The summed E-state index contributed by atoms with van der Waals surface area (Å²) in [5.74, 6) is 0.470. The Morgan fingerprint density at radius 2 is 2.19 bits per heavy atom. The van der Waals surface area contributed by atoms with Crippen LogP contribution in [0.5, 0.6) is 0 Å². The lowest BCUT2D eigenvalue weighted by Gasteiger charge is -2.17. The van der Waals surface area contributed by atoms with Crippen molar-refractivity contribution in [3.8, 4) is 0 Å². The van der Waals surface area contributed by atoms with Gasteiger partial charge in [0.25, 0.3) is 5.69 Å². The monoisotopic (exact) mass is 284 g/mol. The van der Waals surface area contributed by atoms with E-state index in [2.05, 4.69) is 10.3 Å². The van der Waals surface area contributed by atoms with E-state index in [1.165, 1.54) is 12.1 Å². The highest BCUT2D eigenvalue weighted by molar-refractivity contribution is 6.02. The van der Waals surface area contributed by atoms with Crippen LogP contribution >= 0.6 is 0 Å². The highest BCUT2D eigenvalue weighted by Crippen LogP contribution is 2.31. The second-order valence-corrected chi connectivity index (χ2v) is 4.62. The molecule has 0 aliphatic carbocycles. The number of hydrogen-bond donors (Lipinski definition) is 1. The molecule has 0 bridgehead atoms. The quantitative estimate of drug-likeness (QED) is 0.678. The van der Waals surface area contributed by atoms with Crippen LogP contribution in [0.4, 0.5) is 22.0 Å². The third kappa shape index (κ3) is 2.53. The first kappa shape index (κ1) is 13.0. The van der Waals surface area contributed by atoms with E-state index in [1.54, 1.807) is 35.4 Å². The Hall–Kier alpha value is -2.96. The van der Waals surface area contributed by atoms with Gasteiger partial charge in [-0.05, 0) is 30.2 Å². The normalized spacial score (nSPS) is 12.9. The molecule has 1 N–H and O–H groups in total. The Balaban J connectivity index is 1.81. The van der Waals surface area contributed by atoms with Gasteiger partial charge in [-0.3, -0.25) is 20.3 Å². The lowest BCUT2D eigenvalue weighted by Crippen LogP contribution is -2.33. The van der Waals surface area contributed by atoms with Crippen LogP contribution in [-0.2, 0) is 6.42 Å². The van der Waals surface area contributed by atoms with Crippen LogP contribution in [0, 0.1) is 10.1 Å². The summed E-state index contributed by atoms with van der Waals surface area (Å²) in [7, 11) is 0. The SMILES string of the molecule is O=C(Nc1ccccn1)N1CCc2cc([N+](=O)[O-])ccc21. The number of nitrogens with one attached hydrogen (secondary N) is 1. The number of carbonyl (C=O) groups is 1. The third-order valence-corrected chi connectivity index (χ3v) is 3.31. The smallest absolute Gasteiger partial charge is 0.294 e. The fraction of sp³-hybridized carbons (Fsp3) is 0.143. The minimum absolute atomic E-state index is 0.0423. The van der Waals surface area contributed by atoms with E-state index in [9.17, 15) is 14.9 Å². The molecule has 7 nitrogen and oxygen atoms in total. The molecule has 1 aromatic carbocycles. The molecule has 2 heterocycles. The summed E-state index contributed by atoms with van der Waals surface area (Å²) in [6, 6.07) is 9.49. The van der Waals surface area contributed by atoms with Gasteiger partial charge in [-0.1, -0.05) is 6.07 Å². The maximum Gasteiger partial charge on any atom is 0.327 e. The first-order valence-corrected chi connectivity index (χ1v) is 6.42. The van der Waals surface area contributed by atoms with Crippen molar-refractivity contribution in [1.29, 1.82) is 0 Å². The summed E-state index contributed by atoms with van der Waals surface area (Å²) >= 11 is 0. The number of urea groups is 1. The summed E-state index contributed by atoms with van der Waals surface area (Å²) in [6.07, 6.45) is 2.20. The van der Waals surface area contributed by atoms with Gasteiger partial charge in [-0.25, -0.2) is 9.78 Å². The number of hydrogen-bond acceptors (Lipinski definition) is 4. The average molecular weight is 284 g/mol. The lowest BCUT2D eigenvalue weighted by atomic mass is 10.1. The molecule has 2 amide bonds. The minimum Gasteiger partial charge on any atom is -0.294 e. The molecular formula is C14H12N4O3. The molecular weight excluding hydrogens is 272 g/mol. The highest BCUT2D eigenvalue weighted by Gasteiger charge is 2.26. The maximum absolute atomic E-state index is 12.2.